The summed E-state index contributed by atoms with van der Waals surface area (Å²) in [5.74, 6) is -1.33. The summed E-state index contributed by atoms with van der Waals surface area (Å²) in [6.07, 6.45) is -1.60. The van der Waals surface area contributed by atoms with Crippen molar-refractivity contribution < 1.29 is 33.3 Å². The van der Waals surface area contributed by atoms with Gasteiger partial charge in [0.2, 0.25) is 5.91 Å². The SMILES string of the molecule is CC(=O)Nc1ccc(F)c([C@]2(NC(=O)O)COC[C@@]2(F)CO)c1. The molecule has 0 bridgehead atoms. The van der Waals surface area contributed by atoms with Gasteiger partial charge in [-0.3, -0.25) is 4.79 Å². The number of carbonyl (C=O) groups excluding carboxylic acids is 1. The number of halogens is 2. The normalized spacial score (nSPS) is 26.8. The molecular formula is C14H16F2N2O5. The van der Waals surface area contributed by atoms with Gasteiger partial charge in [-0.25, -0.2) is 13.6 Å². The number of hydrogen-bond donors (Lipinski definition) is 4. The molecule has 1 aliphatic rings. The molecule has 0 unspecified atom stereocenters. The number of aliphatic hydroxyl groups excluding tert-OH is 1. The summed E-state index contributed by atoms with van der Waals surface area (Å²) in [5.41, 5.74) is -4.89. The highest BCUT2D eigenvalue weighted by molar-refractivity contribution is 5.88. The lowest BCUT2D eigenvalue weighted by Gasteiger charge is -2.37. The van der Waals surface area contributed by atoms with Crippen molar-refractivity contribution in [3.63, 3.8) is 0 Å². The maximum absolute atomic E-state index is 15.0. The molecular weight excluding hydrogens is 314 g/mol. The highest BCUT2D eigenvalue weighted by atomic mass is 19.1. The van der Waals surface area contributed by atoms with E-state index >= 15 is 4.39 Å². The average molecular weight is 330 g/mol. The maximum atomic E-state index is 15.0. The molecule has 4 N–H and O–H groups in total. The van der Waals surface area contributed by atoms with Crippen LogP contribution in [0.4, 0.5) is 19.3 Å². The molecule has 23 heavy (non-hydrogen) atoms. The quantitative estimate of drug-likeness (QED) is 0.658. The van der Waals surface area contributed by atoms with Gasteiger partial charge in [0.05, 0.1) is 19.8 Å². The molecule has 0 aliphatic carbocycles. The van der Waals surface area contributed by atoms with E-state index in [1.807, 2.05) is 5.32 Å². The predicted octanol–water partition coefficient (Wildman–Crippen LogP) is 0.978. The van der Waals surface area contributed by atoms with Crippen LogP contribution in [0.1, 0.15) is 12.5 Å². The summed E-state index contributed by atoms with van der Waals surface area (Å²) in [6.45, 7) is -0.943. The van der Waals surface area contributed by atoms with Crippen molar-refractivity contribution >= 4 is 17.7 Å². The number of rotatable bonds is 4. The Kier molecular flexibility index (Phi) is 4.53. The topological polar surface area (TPSA) is 108 Å². The van der Waals surface area contributed by atoms with Crippen molar-refractivity contribution in [3.8, 4) is 0 Å². The molecule has 1 saturated heterocycles. The lowest BCUT2D eigenvalue weighted by Crippen LogP contribution is -2.61. The lowest BCUT2D eigenvalue weighted by atomic mass is 9.78. The highest BCUT2D eigenvalue weighted by Gasteiger charge is 2.60. The summed E-state index contributed by atoms with van der Waals surface area (Å²) >= 11 is 0. The number of nitrogens with one attached hydrogen (secondary N) is 2. The molecule has 126 valence electrons. The third kappa shape index (κ3) is 2.97. The van der Waals surface area contributed by atoms with Gasteiger partial charge in [-0.15, -0.1) is 0 Å². The second kappa shape index (κ2) is 6.09. The Bertz CT molecular complexity index is 642. The van der Waals surface area contributed by atoms with Crippen LogP contribution in [0.25, 0.3) is 0 Å². The third-order valence-corrected chi connectivity index (χ3v) is 3.73. The second-order valence-electron chi connectivity index (χ2n) is 5.33. The summed E-state index contributed by atoms with van der Waals surface area (Å²) in [4.78, 5) is 22.2. The minimum absolute atomic E-state index is 0.160. The number of carboxylic acid groups (broad SMARTS) is 1. The van der Waals surface area contributed by atoms with E-state index in [9.17, 15) is 19.1 Å². The van der Waals surface area contributed by atoms with E-state index in [0.717, 1.165) is 12.1 Å². The number of benzene rings is 1. The fraction of sp³-hybridized carbons (Fsp3) is 0.429. The number of amides is 2. The summed E-state index contributed by atoms with van der Waals surface area (Å²) < 4.78 is 34.3. The van der Waals surface area contributed by atoms with E-state index in [1.54, 1.807) is 0 Å². The molecule has 0 spiro atoms. The van der Waals surface area contributed by atoms with E-state index < -0.39 is 48.8 Å². The number of ether oxygens (including phenoxy) is 1. The van der Waals surface area contributed by atoms with Crippen LogP contribution >= 0.6 is 0 Å². The third-order valence-electron chi connectivity index (χ3n) is 3.73. The molecule has 7 nitrogen and oxygen atoms in total. The van der Waals surface area contributed by atoms with Crippen LogP contribution in [-0.2, 0) is 15.1 Å². The lowest BCUT2D eigenvalue weighted by molar-refractivity contribution is -0.114. The van der Waals surface area contributed by atoms with Gasteiger partial charge in [-0.2, -0.15) is 0 Å². The first-order valence-corrected chi connectivity index (χ1v) is 6.70. The molecule has 1 heterocycles. The number of alkyl halides is 1. The second-order valence-corrected chi connectivity index (χ2v) is 5.33. The van der Waals surface area contributed by atoms with E-state index in [0.29, 0.717) is 0 Å². The van der Waals surface area contributed by atoms with Crippen molar-refractivity contribution in [1.29, 1.82) is 0 Å². The fourth-order valence-electron chi connectivity index (χ4n) is 2.65. The zero-order chi connectivity index (χ0) is 17.3. The van der Waals surface area contributed by atoms with E-state index in [-0.39, 0.29) is 11.3 Å². The molecule has 2 rings (SSSR count). The van der Waals surface area contributed by atoms with Crippen LogP contribution < -0.4 is 10.6 Å². The summed E-state index contributed by atoms with van der Waals surface area (Å²) in [7, 11) is 0. The van der Waals surface area contributed by atoms with Gasteiger partial charge in [0, 0.05) is 18.2 Å². The molecule has 1 fully saturated rings. The van der Waals surface area contributed by atoms with Crippen molar-refractivity contribution in [1.82, 2.24) is 5.32 Å². The molecule has 1 aromatic rings. The largest absolute Gasteiger partial charge is 0.465 e. The van der Waals surface area contributed by atoms with Crippen LogP contribution in [0, 0.1) is 5.82 Å². The fourth-order valence-corrected chi connectivity index (χ4v) is 2.65. The highest BCUT2D eigenvalue weighted by Crippen LogP contribution is 2.43. The first-order chi connectivity index (χ1) is 10.7. The summed E-state index contributed by atoms with van der Waals surface area (Å²) in [5, 5.41) is 22.7. The molecule has 0 radical (unpaired) electrons. The molecule has 2 amide bonds. The van der Waals surface area contributed by atoms with Crippen molar-refractivity contribution in [3.05, 3.63) is 29.6 Å². The Morgan fingerprint density at radius 3 is 2.65 bits per heavy atom. The van der Waals surface area contributed by atoms with Crippen LogP contribution in [0.2, 0.25) is 0 Å². The summed E-state index contributed by atoms with van der Waals surface area (Å²) in [6, 6.07) is 3.34. The van der Waals surface area contributed by atoms with Crippen LogP contribution in [0.5, 0.6) is 0 Å². The van der Waals surface area contributed by atoms with Crippen LogP contribution in [-0.4, -0.2) is 47.7 Å². The zero-order valence-electron chi connectivity index (χ0n) is 12.2. The van der Waals surface area contributed by atoms with Gasteiger partial charge < -0.3 is 25.6 Å². The Morgan fingerprint density at radius 2 is 2.09 bits per heavy atom. The molecule has 2 atom stereocenters. The van der Waals surface area contributed by atoms with Gasteiger partial charge in [0.25, 0.3) is 0 Å². The van der Waals surface area contributed by atoms with Gasteiger partial charge in [0.1, 0.15) is 11.4 Å². The molecule has 9 heteroatoms. The number of anilines is 1. The van der Waals surface area contributed by atoms with E-state index in [2.05, 4.69) is 5.32 Å². The number of carbonyl (C=O) groups is 2. The Hall–Kier alpha value is -2.26. The van der Waals surface area contributed by atoms with Gasteiger partial charge in [0.15, 0.2) is 5.67 Å². The first kappa shape index (κ1) is 17.1. The standard InChI is InChI=1S/C14H16F2N2O5/c1-8(20)17-9-2-3-11(15)10(4-9)14(18-12(21)22)7-23-6-13(14,16)5-19/h2-4,18-19H,5-7H2,1H3,(H,17,20)(H,21,22)/t13-,14+/m0/s1. The monoisotopic (exact) mass is 330 g/mol. The van der Waals surface area contributed by atoms with Crippen molar-refractivity contribution in [2.45, 2.75) is 18.1 Å². The minimum atomic E-state index is -2.55. The predicted molar refractivity (Wildman–Crippen MR) is 75.3 cm³/mol. The average Bonchev–Trinajstić information content (AvgIpc) is 2.78. The number of hydrogen-bond acceptors (Lipinski definition) is 4. The molecule has 1 aromatic carbocycles. The Labute approximate surface area is 130 Å². The minimum Gasteiger partial charge on any atom is -0.465 e. The van der Waals surface area contributed by atoms with Gasteiger partial charge >= 0.3 is 6.09 Å². The van der Waals surface area contributed by atoms with Crippen LogP contribution in [0.15, 0.2) is 18.2 Å². The van der Waals surface area contributed by atoms with Crippen molar-refractivity contribution in [2.75, 3.05) is 25.1 Å². The van der Waals surface area contributed by atoms with Gasteiger partial charge in [-0.05, 0) is 18.2 Å². The maximum Gasteiger partial charge on any atom is 0.405 e. The Morgan fingerprint density at radius 1 is 1.39 bits per heavy atom. The van der Waals surface area contributed by atoms with Crippen molar-refractivity contribution in [2.24, 2.45) is 0 Å². The number of aliphatic hydroxyl groups is 1. The molecule has 0 saturated carbocycles. The van der Waals surface area contributed by atoms with Crippen LogP contribution in [0.3, 0.4) is 0 Å². The van der Waals surface area contributed by atoms with Gasteiger partial charge in [-0.1, -0.05) is 0 Å². The smallest absolute Gasteiger partial charge is 0.405 e. The Balaban J connectivity index is 2.60. The van der Waals surface area contributed by atoms with E-state index in [1.165, 1.54) is 13.0 Å². The zero-order valence-corrected chi connectivity index (χ0v) is 12.2. The first-order valence-electron chi connectivity index (χ1n) is 6.70. The molecule has 1 aliphatic heterocycles. The molecule has 0 aromatic heterocycles. The van der Waals surface area contributed by atoms with E-state index in [4.69, 9.17) is 9.84 Å².